The summed E-state index contributed by atoms with van der Waals surface area (Å²) in [7, 11) is 0. The highest BCUT2D eigenvalue weighted by Gasteiger charge is 2.36. The lowest BCUT2D eigenvalue weighted by molar-refractivity contribution is 0.0911. The van der Waals surface area contributed by atoms with Crippen molar-refractivity contribution in [3.8, 4) is 5.69 Å². The molecule has 2 aromatic heterocycles. The summed E-state index contributed by atoms with van der Waals surface area (Å²) < 4.78 is 2.11. The number of hydrogen-bond donors (Lipinski definition) is 3. The van der Waals surface area contributed by atoms with Crippen molar-refractivity contribution in [1.29, 1.82) is 0 Å². The molecule has 7 heteroatoms. The van der Waals surface area contributed by atoms with Crippen molar-refractivity contribution in [3.05, 3.63) is 53.3 Å². The standard InChI is InChI=1S/C26H30N4O3/c1-26(2)13-21-23(22(32)14-26)24-20(4-3-11-28-24)30(21)16-7-10-18(25(27)33)19(12-16)29-15-5-8-17(31)9-6-15/h3-4,7,10-12,15,17,29,31H,5-6,8-9,13-14H2,1-2H3,(H2,27,33)/t15-,17-. The van der Waals surface area contributed by atoms with Gasteiger partial charge in [-0.05, 0) is 67.9 Å². The Morgan fingerprint density at radius 1 is 1.18 bits per heavy atom. The molecule has 0 unspecified atom stereocenters. The molecule has 4 N–H and O–H groups in total. The molecule has 0 spiro atoms. The molecule has 5 rings (SSSR count). The van der Waals surface area contributed by atoms with Crippen LogP contribution in [0.2, 0.25) is 0 Å². The first-order valence-corrected chi connectivity index (χ1v) is 11.6. The third-order valence-corrected chi connectivity index (χ3v) is 6.97. The molecule has 0 aliphatic heterocycles. The van der Waals surface area contributed by atoms with Crippen LogP contribution in [0.1, 0.15) is 72.4 Å². The van der Waals surface area contributed by atoms with Crippen molar-refractivity contribution in [2.45, 2.75) is 64.5 Å². The van der Waals surface area contributed by atoms with Gasteiger partial charge in [-0.3, -0.25) is 14.6 Å². The predicted octanol–water partition coefficient (Wildman–Crippen LogP) is 3.99. The number of primary amides is 1. The van der Waals surface area contributed by atoms with Crippen molar-refractivity contribution in [3.63, 3.8) is 0 Å². The number of aliphatic hydroxyl groups is 1. The number of fused-ring (bicyclic) bond motifs is 3. The summed E-state index contributed by atoms with van der Waals surface area (Å²) in [5.74, 6) is -0.367. The largest absolute Gasteiger partial charge is 0.393 e. The van der Waals surface area contributed by atoms with Crippen LogP contribution < -0.4 is 11.1 Å². The van der Waals surface area contributed by atoms with Gasteiger partial charge < -0.3 is 20.7 Å². The van der Waals surface area contributed by atoms with E-state index in [9.17, 15) is 14.7 Å². The van der Waals surface area contributed by atoms with Crippen LogP contribution in [0.5, 0.6) is 0 Å². The van der Waals surface area contributed by atoms with Gasteiger partial charge in [0.05, 0.1) is 28.3 Å². The van der Waals surface area contributed by atoms with Crippen molar-refractivity contribution >= 4 is 28.4 Å². The van der Waals surface area contributed by atoms with E-state index in [4.69, 9.17) is 5.73 Å². The van der Waals surface area contributed by atoms with Gasteiger partial charge in [-0.1, -0.05) is 13.8 Å². The summed E-state index contributed by atoms with van der Waals surface area (Å²) in [6.07, 6.45) is 5.86. The van der Waals surface area contributed by atoms with E-state index in [0.717, 1.165) is 54.5 Å². The SMILES string of the molecule is CC1(C)CC(=O)c2c(n(-c3ccc(C(N)=O)c(N[C@H]4CC[C@H](O)CC4)c3)c3cccnc23)C1. The van der Waals surface area contributed by atoms with Gasteiger partial charge in [0, 0.05) is 35.7 Å². The second-order valence-corrected chi connectivity index (χ2v) is 10.2. The first kappa shape index (κ1) is 21.6. The van der Waals surface area contributed by atoms with Gasteiger partial charge in [-0.25, -0.2) is 0 Å². The highest BCUT2D eigenvalue weighted by molar-refractivity contribution is 6.09. The molecule has 2 aliphatic rings. The van der Waals surface area contributed by atoms with Crippen molar-refractivity contribution < 1.29 is 14.7 Å². The molecular formula is C26H30N4O3. The maximum Gasteiger partial charge on any atom is 0.250 e. The van der Waals surface area contributed by atoms with E-state index in [1.165, 1.54) is 0 Å². The quantitative estimate of drug-likeness (QED) is 0.561. The van der Waals surface area contributed by atoms with Crippen molar-refractivity contribution in [1.82, 2.24) is 9.55 Å². The third kappa shape index (κ3) is 3.91. The predicted molar refractivity (Wildman–Crippen MR) is 128 cm³/mol. The molecule has 1 saturated carbocycles. The van der Waals surface area contributed by atoms with Gasteiger partial charge in [0.25, 0.3) is 5.91 Å². The Hall–Kier alpha value is -3.19. The Bertz CT molecular complexity index is 1250. The Labute approximate surface area is 193 Å². The zero-order valence-corrected chi connectivity index (χ0v) is 19.1. The molecule has 3 aromatic rings. The number of anilines is 1. The molecular weight excluding hydrogens is 416 g/mol. The number of nitrogens with zero attached hydrogens (tertiary/aromatic N) is 2. The van der Waals surface area contributed by atoms with E-state index in [-0.39, 0.29) is 23.3 Å². The fraction of sp³-hybridized carbons (Fsp3) is 0.423. The summed E-state index contributed by atoms with van der Waals surface area (Å²) in [4.78, 5) is 29.8. The number of aromatic nitrogens is 2. The Morgan fingerprint density at radius 3 is 2.67 bits per heavy atom. The van der Waals surface area contributed by atoms with Gasteiger partial charge in [0.2, 0.25) is 0 Å². The number of nitrogens with two attached hydrogens (primary N) is 1. The number of ketones is 1. The van der Waals surface area contributed by atoms with Crippen molar-refractivity contribution in [2.75, 3.05) is 5.32 Å². The van der Waals surface area contributed by atoms with E-state index in [1.54, 1.807) is 12.3 Å². The minimum absolute atomic E-state index is 0.122. The summed E-state index contributed by atoms with van der Waals surface area (Å²) in [5.41, 5.74) is 10.8. The smallest absolute Gasteiger partial charge is 0.250 e. The minimum atomic E-state index is -0.489. The summed E-state index contributed by atoms with van der Waals surface area (Å²) in [5, 5.41) is 13.3. The first-order valence-electron chi connectivity index (χ1n) is 11.6. The fourth-order valence-corrected chi connectivity index (χ4v) is 5.40. The van der Waals surface area contributed by atoms with E-state index in [2.05, 4.69) is 28.7 Å². The summed E-state index contributed by atoms with van der Waals surface area (Å²) in [6.45, 7) is 4.23. The van der Waals surface area contributed by atoms with Crippen LogP contribution in [0, 0.1) is 5.41 Å². The highest BCUT2D eigenvalue weighted by Crippen LogP contribution is 2.41. The van der Waals surface area contributed by atoms with Crippen LogP contribution in [-0.4, -0.2) is 38.5 Å². The van der Waals surface area contributed by atoms with Crippen LogP contribution in [-0.2, 0) is 6.42 Å². The molecule has 2 aliphatic carbocycles. The van der Waals surface area contributed by atoms with Gasteiger partial charge in [-0.15, -0.1) is 0 Å². The van der Waals surface area contributed by atoms with Gasteiger partial charge >= 0.3 is 0 Å². The second kappa shape index (κ2) is 7.99. The normalized spacial score (nSPS) is 22.2. The lowest BCUT2D eigenvalue weighted by atomic mass is 9.76. The molecule has 172 valence electrons. The van der Waals surface area contributed by atoms with E-state index >= 15 is 0 Å². The highest BCUT2D eigenvalue weighted by atomic mass is 16.3. The number of Topliss-reactive ketones (excluding diaryl/α,β-unsaturated/α-hetero) is 1. The zero-order chi connectivity index (χ0) is 23.3. The van der Waals surface area contributed by atoms with Crippen LogP contribution >= 0.6 is 0 Å². The zero-order valence-electron chi connectivity index (χ0n) is 19.1. The van der Waals surface area contributed by atoms with Gasteiger partial charge in [0.1, 0.15) is 0 Å². The number of amides is 1. The van der Waals surface area contributed by atoms with E-state index in [0.29, 0.717) is 23.2 Å². The average molecular weight is 447 g/mol. The first-order chi connectivity index (χ1) is 15.7. The number of carbonyl (C=O) groups excluding carboxylic acids is 2. The van der Waals surface area contributed by atoms with Crippen LogP contribution in [0.25, 0.3) is 16.7 Å². The average Bonchev–Trinajstić information content (AvgIpc) is 3.08. The maximum atomic E-state index is 13.1. The lowest BCUT2D eigenvalue weighted by Crippen LogP contribution is -2.29. The van der Waals surface area contributed by atoms with E-state index < -0.39 is 5.91 Å². The third-order valence-electron chi connectivity index (χ3n) is 6.97. The summed E-state index contributed by atoms with van der Waals surface area (Å²) in [6, 6.07) is 9.61. The molecule has 7 nitrogen and oxygen atoms in total. The number of hydrogen-bond acceptors (Lipinski definition) is 5. The maximum absolute atomic E-state index is 13.1. The van der Waals surface area contributed by atoms with Gasteiger partial charge in [0.15, 0.2) is 5.78 Å². The number of nitrogens with one attached hydrogen (secondary N) is 1. The molecule has 0 bridgehead atoms. The number of pyridine rings is 1. The molecule has 2 heterocycles. The molecule has 1 amide bonds. The molecule has 0 radical (unpaired) electrons. The Kier molecular flexibility index (Phi) is 5.24. The second-order valence-electron chi connectivity index (χ2n) is 10.2. The molecule has 33 heavy (non-hydrogen) atoms. The lowest BCUT2D eigenvalue weighted by Gasteiger charge is -2.30. The monoisotopic (exact) mass is 446 g/mol. The van der Waals surface area contributed by atoms with Crippen LogP contribution in [0.4, 0.5) is 5.69 Å². The molecule has 0 saturated heterocycles. The Balaban J connectivity index is 1.65. The molecule has 1 aromatic carbocycles. The number of aliphatic hydroxyl groups excluding tert-OH is 1. The minimum Gasteiger partial charge on any atom is -0.393 e. The summed E-state index contributed by atoms with van der Waals surface area (Å²) >= 11 is 0. The van der Waals surface area contributed by atoms with Crippen LogP contribution in [0.3, 0.4) is 0 Å². The topological polar surface area (TPSA) is 110 Å². The van der Waals surface area contributed by atoms with Gasteiger partial charge in [-0.2, -0.15) is 0 Å². The fourth-order valence-electron chi connectivity index (χ4n) is 5.40. The molecule has 1 fully saturated rings. The van der Waals surface area contributed by atoms with Crippen LogP contribution in [0.15, 0.2) is 36.5 Å². The van der Waals surface area contributed by atoms with E-state index in [1.807, 2.05) is 24.3 Å². The van der Waals surface area contributed by atoms with Crippen molar-refractivity contribution in [2.24, 2.45) is 11.1 Å². The number of benzene rings is 1. The Morgan fingerprint density at radius 2 is 1.94 bits per heavy atom. The molecule has 0 atom stereocenters. The number of carbonyl (C=O) groups is 2. The number of rotatable bonds is 4.